The quantitative estimate of drug-likeness (QED) is 0.853. The minimum Gasteiger partial charge on any atom is -0.438 e. The van der Waals surface area contributed by atoms with Crippen LogP contribution in [0.1, 0.15) is 30.1 Å². The van der Waals surface area contributed by atoms with Crippen molar-refractivity contribution in [3.63, 3.8) is 0 Å². The fourth-order valence-corrected chi connectivity index (χ4v) is 2.77. The highest BCUT2D eigenvalue weighted by Gasteiger charge is 2.27. The standard InChI is InChI=1S/C15H12FN3O3S/c1-23(20,21)13-6-11(4-5-12(13)16)22-15-10(7-17)8-18-14(19-15)9-2-3-9/h4-6,8-9H,2-3H2,1H3. The maximum atomic E-state index is 13.6. The topological polar surface area (TPSA) is 92.9 Å². The summed E-state index contributed by atoms with van der Waals surface area (Å²) in [4.78, 5) is 7.86. The number of nitriles is 1. The second-order valence-corrected chi connectivity index (χ2v) is 7.28. The van der Waals surface area contributed by atoms with Gasteiger partial charge in [0.25, 0.3) is 0 Å². The first-order valence-corrected chi connectivity index (χ1v) is 8.72. The van der Waals surface area contributed by atoms with Gasteiger partial charge in [-0.3, -0.25) is 0 Å². The lowest BCUT2D eigenvalue weighted by Crippen LogP contribution is -2.02. The highest BCUT2D eigenvalue weighted by molar-refractivity contribution is 7.90. The van der Waals surface area contributed by atoms with Crippen LogP contribution in [0.3, 0.4) is 0 Å². The third-order valence-corrected chi connectivity index (χ3v) is 4.46. The van der Waals surface area contributed by atoms with Crippen molar-refractivity contribution in [1.82, 2.24) is 9.97 Å². The maximum absolute atomic E-state index is 13.6. The van der Waals surface area contributed by atoms with E-state index in [0.717, 1.165) is 31.2 Å². The smallest absolute Gasteiger partial charge is 0.240 e. The number of ether oxygens (including phenoxy) is 1. The second-order valence-electron chi connectivity index (χ2n) is 5.30. The highest BCUT2D eigenvalue weighted by Crippen LogP contribution is 2.39. The molecule has 118 valence electrons. The van der Waals surface area contributed by atoms with E-state index in [-0.39, 0.29) is 23.1 Å². The zero-order valence-electron chi connectivity index (χ0n) is 12.2. The van der Waals surface area contributed by atoms with Crippen molar-refractivity contribution in [2.75, 3.05) is 6.26 Å². The summed E-state index contributed by atoms with van der Waals surface area (Å²) < 4.78 is 42.2. The maximum Gasteiger partial charge on any atom is 0.240 e. The lowest BCUT2D eigenvalue weighted by atomic mass is 10.3. The first kappa shape index (κ1) is 15.4. The largest absolute Gasteiger partial charge is 0.438 e. The van der Waals surface area contributed by atoms with Gasteiger partial charge in [-0.2, -0.15) is 10.2 Å². The molecule has 0 saturated heterocycles. The van der Waals surface area contributed by atoms with Gasteiger partial charge >= 0.3 is 0 Å². The number of rotatable bonds is 4. The average Bonchev–Trinajstić information content (AvgIpc) is 3.33. The van der Waals surface area contributed by atoms with E-state index >= 15 is 0 Å². The van der Waals surface area contributed by atoms with E-state index in [2.05, 4.69) is 9.97 Å². The normalized spacial score (nSPS) is 14.3. The van der Waals surface area contributed by atoms with Crippen molar-refractivity contribution in [3.05, 3.63) is 41.6 Å². The van der Waals surface area contributed by atoms with Crippen LogP contribution in [-0.4, -0.2) is 24.6 Å². The van der Waals surface area contributed by atoms with E-state index < -0.39 is 20.5 Å². The van der Waals surface area contributed by atoms with Gasteiger partial charge < -0.3 is 4.74 Å². The van der Waals surface area contributed by atoms with Crippen LogP contribution in [0.2, 0.25) is 0 Å². The van der Waals surface area contributed by atoms with Crippen molar-refractivity contribution in [3.8, 4) is 17.7 Å². The molecule has 1 aromatic carbocycles. The molecule has 1 heterocycles. The van der Waals surface area contributed by atoms with Gasteiger partial charge in [0.2, 0.25) is 5.88 Å². The molecule has 8 heteroatoms. The molecule has 0 unspecified atom stereocenters. The lowest BCUT2D eigenvalue weighted by molar-refractivity contribution is 0.452. The summed E-state index contributed by atoms with van der Waals surface area (Å²) >= 11 is 0. The molecule has 1 fully saturated rings. The average molecular weight is 333 g/mol. The Bertz CT molecular complexity index is 918. The van der Waals surface area contributed by atoms with Crippen LogP contribution >= 0.6 is 0 Å². The first-order valence-electron chi connectivity index (χ1n) is 6.83. The summed E-state index contributed by atoms with van der Waals surface area (Å²) in [6, 6.07) is 5.27. The first-order chi connectivity index (χ1) is 10.9. The van der Waals surface area contributed by atoms with Gasteiger partial charge in [0, 0.05) is 18.2 Å². The van der Waals surface area contributed by atoms with Gasteiger partial charge in [-0.05, 0) is 25.0 Å². The predicted octanol–water partition coefficient (Wildman–Crippen LogP) is 2.56. The summed E-state index contributed by atoms with van der Waals surface area (Å²) in [5.41, 5.74) is 0.125. The SMILES string of the molecule is CS(=O)(=O)c1cc(Oc2nc(C3CC3)ncc2C#N)ccc1F. The Balaban J connectivity index is 1.99. The van der Waals surface area contributed by atoms with Crippen molar-refractivity contribution < 1.29 is 17.5 Å². The third-order valence-electron chi connectivity index (χ3n) is 3.35. The fourth-order valence-electron chi connectivity index (χ4n) is 2.01. The molecule has 23 heavy (non-hydrogen) atoms. The van der Waals surface area contributed by atoms with Crippen molar-refractivity contribution in [2.45, 2.75) is 23.7 Å². The van der Waals surface area contributed by atoms with E-state index in [9.17, 15) is 12.8 Å². The number of hydrogen-bond acceptors (Lipinski definition) is 6. The van der Waals surface area contributed by atoms with Crippen LogP contribution in [0.5, 0.6) is 11.6 Å². The van der Waals surface area contributed by atoms with E-state index in [1.165, 1.54) is 12.3 Å². The van der Waals surface area contributed by atoms with Gasteiger partial charge in [0.15, 0.2) is 9.84 Å². The Kier molecular flexibility index (Phi) is 3.74. The number of halogens is 1. The molecule has 6 nitrogen and oxygen atoms in total. The number of hydrogen-bond donors (Lipinski definition) is 0. The van der Waals surface area contributed by atoms with Crippen molar-refractivity contribution in [1.29, 1.82) is 5.26 Å². The predicted molar refractivity (Wildman–Crippen MR) is 78.3 cm³/mol. The molecule has 0 N–H and O–H groups in total. The van der Waals surface area contributed by atoms with Gasteiger partial charge in [0.05, 0.1) is 6.20 Å². The minimum atomic E-state index is -3.73. The summed E-state index contributed by atoms with van der Waals surface area (Å²) in [5.74, 6) is 0.121. The van der Waals surface area contributed by atoms with Crippen LogP contribution in [0.4, 0.5) is 4.39 Å². The molecule has 1 aliphatic carbocycles. The van der Waals surface area contributed by atoms with Crippen molar-refractivity contribution in [2.24, 2.45) is 0 Å². The zero-order chi connectivity index (χ0) is 16.6. The van der Waals surface area contributed by atoms with E-state index in [1.807, 2.05) is 6.07 Å². The number of sulfone groups is 1. The second kappa shape index (κ2) is 5.59. The molecule has 0 bridgehead atoms. The van der Waals surface area contributed by atoms with E-state index in [1.54, 1.807) is 0 Å². The van der Waals surface area contributed by atoms with Gasteiger partial charge in [-0.25, -0.2) is 17.8 Å². The molecule has 3 rings (SSSR count). The van der Waals surface area contributed by atoms with Crippen LogP contribution in [-0.2, 0) is 9.84 Å². The van der Waals surface area contributed by atoms with Crippen LogP contribution < -0.4 is 4.74 Å². The lowest BCUT2D eigenvalue weighted by Gasteiger charge is -2.09. The number of nitrogens with zero attached hydrogens (tertiary/aromatic N) is 3. The summed E-state index contributed by atoms with van der Waals surface area (Å²) in [5, 5.41) is 9.10. The summed E-state index contributed by atoms with van der Waals surface area (Å²) in [6.45, 7) is 0. The summed E-state index contributed by atoms with van der Waals surface area (Å²) in [6.07, 6.45) is 4.25. The molecule has 2 aromatic rings. The van der Waals surface area contributed by atoms with Crippen LogP contribution in [0, 0.1) is 17.1 Å². The highest BCUT2D eigenvalue weighted by atomic mass is 32.2. The van der Waals surface area contributed by atoms with Gasteiger partial charge in [-0.1, -0.05) is 0 Å². The monoisotopic (exact) mass is 333 g/mol. The molecule has 0 radical (unpaired) electrons. The van der Waals surface area contributed by atoms with Crippen LogP contribution in [0.15, 0.2) is 29.3 Å². The van der Waals surface area contributed by atoms with Crippen LogP contribution in [0.25, 0.3) is 0 Å². The minimum absolute atomic E-state index is 0.0375. The van der Waals surface area contributed by atoms with Crippen molar-refractivity contribution >= 4 is 9.84 Å². The Morgan fingerprint density at radius 1 is 1.39 bits per heavy atom. The Morgan fingerprint density at radius 3 is 2.74 bits per heavy atom. The molecule has 0 spiro atoms. The molecule has 1 aromatic heterocycles. The Labute approximate surface area is 132 Å². The molecular formula is C15H12FN3O3S. The Morgan fingerprint density at radius 2 is 2.13 bits per heavy atom. The fraction of sp³-hybridized carbons (Fsp3) is 0.267. The molecule has 0 atom stereocenters. The Hall–Kier alpha value is -2.53. The zero-order valence-corrected chi connectivity index (χ0v) is 13.0. The van der Waals surface area contributed by atoms with Gasteiger partial charge in [0.1, 0.15) is 33.9 Å². The molecule has 1 saturated carbocycles. The number of aromatic nitrogens is 2. The van der Waals surface area contributed by atoms with Gasteiger partial charge in [-0.15, -0.1) is 0 Å². The number of benzene rings is 1. The molecule has 1 aliphatic rings. The molecular weight excluding hydrogens is 321 g/mol. The third kappa shape index (κ3) is 3.29. The van der Waals surface area contributed by atoms with E-state index in [4.69, 9.17) is 10.00 Å². The molecule has 0 amide bonds. The summed E-state index contributed by atoms with van der Waals surface area (Å²) in [7, 11) is -3.73. The van der Waals surface area contributed by atoms with E-state index in [0.29, 0.717) is 5.82 Å². The molecule has 0 aliphatic heterocycles.